The molecule has 2 N–H and O–H groups in total. The van der Waals surface area contributed by atoms with Crippen molar-refractivity contribution in [3.63, 3.8) is 0 Å². The Labute approximate surface area is 220 Å². The monoisotopic (exact) mass is 540 g/mol. The zero-order chi connectivity index (χ0) is 27.2. The lowest BCUT2D eigenvalue weighted by Gasteiger charge is -2.32. The largest absolute Gasteiger partial charge is 0.496 e. The quantitative estimate of drug-likeness (QED) is 0.434. The van der Waals surface area contributed by atoms with Crippen LogP contribution in [0.3, 0.4) is 0 Å². The number of halogens is 4. The van der Waals surface area contributed by atoms with Crippen molar-refractivity contribution in [2.45, 2.75) is 83.0 Å². The maximum Gasteiger partial charge on any atom is 0.396 e. The lowest BCUT2D eigenvalue weighted by atomic mass is 9.83. The van der Waals surface area contributed by atoms with Gasteiger partial charge in [-0.1, -0.05) is 6.92 Å². The minimum atomic E-state index is -4.35. The predicted molar refractivity (Wildman–Crippen MR) is 131 cm³/mol. The van der Waals surface area contributed by atoms with Crippen molar-refractivity contribution in [1.29, 1.82) is 0 Å². The van der Waals surface area contributed by atoms with Gasteiger partial charge in [0.15, 0.2) is 11.6 Å². The van der Waals surface area contributed by atoms with Gasteiger partial charge in [-0.05, 0) is 81.6 Å². The number of alkyl halides is 3. The Balaban J connectivity index is 1.29. The normalized spacial score (nSPS) is 31.5. The third-order valence-electron chi connectivity index (χ3n) is 9.33. The molecule has 38 heavy (non-hydrogen) atoms. The fraction of sp³-hybridized carbons (Fsp3) is 0.714. The summed E-state index contributed by atoms with van der Waals surface area (Å²) in [6, 6.07) is 1.97. The molecule has 4 saturated carbocycles. The van der Waals surface area contributed by atoms with Gasteiger partial charge in [0.25, 0.3) is 5.91 Å². The van der Waals surface area contributed by atoms with Gasteiger partial charge >= 0.3 is 6.18 Å². The molecule has 1 aromatic rings. The van der Waals surface area contributed by atoms with Crippen LogP contribution in [-0.2, 0) is 4.79 Å². The average Bonchev–Trinajstić information content (AvgIpc) is 3.43. The average molecular weight is 541 g/mol. The van der Waals surface area contributed by atoms with Crippen LogP contribution in [0.4, 0.5) is 17.6 Å². The highest BCUT2D eigenvalue weighted by Crippen LogP contribution is 2.57. The van der Waals surface area contributed by atoms with Crippen molar-refractivity contribution in [3.05, 3.63) is 23.5 Å². The van der Waals surface area contributed by atoms with Crippen molar-refractivity contribution in [2.24, 2.45) is 29.1 Å². The van der Waals surface area contributed by atoms with E-state index in [-0.39, 0.29) is 47.8 Å². The first-order chi connectivity index (χ1) is 18.0. The summed E-state index contributed by atoms with van der Waals surface area (Å²) in [7, 11) is 1.34. The summed E-state index contributed by atoms with van der Waals surface area (Å²) in [6.07, 6.45) is 1.54. The second-order valence-corrected chi connectivity index (χ2v) is 11.8. The standard InChI is InChI=1S/C28H36F4N2O4/c1-15-3-7-18(8-4-15)38-22-12-19(21(37-2)13-20(22)29)25(35)34-24-17-6-5-16(11-17)23(24)26(36)33-14-27(9-10-27)28(30,31)32/h12-13,15-18,23-24H,3-11,14H2,1-2H3,(H,33,36)(H,34,35)/t15-,16-,17+,18-,23+,24-/m1/s1. The van der Waals surface area contributed by atoms with Crippen LogP contribution in [0.25, 0.3) is 0 Å². The van der Waals surface area contributed by atoms with Gasteiger partial charge in [-0.15, -0.1) is 0 Å². The second kappa shape index (κ2) is 10.2. The molecule has 0 radical (unpaired) electrons. The van der Waals surface area contributed by atoms with Gasteiger partial charge in [0, 0.05) is 18.7 Å². The predicted octanol–water partition coefficient (Wildman–Crippen LogP) is 5.40. The van der Waals surface area contributed by atoms with Crippen molar-refractivity contribution in [1.82, 2.24) is 10.6 Å². The Bertz CT molecular complexity index is 1070. The highest BCUT2D eigenvalue weighted by atomic mass is 19.4. The summed E-state index contributed by atoms with van der Waals surface area (Å²) in [5.74, 6) is -1.48. The zero-order valence-electron chi connectivity index (χ0n) is 21.8. The van der Waals surface area contributed by atoms with E-state index in [0.717, 1.165) is 51.0 Å². The summed E-state index contributed by atoms with van der Waals surface area (Å²) in [6.45, 7) is 1.74. The molecule has 0 aromatic heterocycles. The summed E-state index contributed by atoms with van der Waals surface area (Å²) in [5.41, 5.74) is -1.73. The summed E-state index contributed by atoms with van der Waals surface area (Å²) < 4.78 is 66.1. The van der Waals surface area contributed by atoms with Crippen LogP contribution in [-0.4, -0.2) is 43.8 Å². The number of rotatable bonds is 8. The molecule has 0 spiro atoms. The van der Waals surface area contributed by atoms with Gasteiger partial charge in [-0.2, -0.15) is 13.2 Å². The lowest BCUT2D eigenvalue weighted by Crippen LogP contribution is -2.51. The van der Waals surface area contributed by atoms with Crippen molar-refractivity contribution >= 4 is 11.8 Å². The van der Waals surface area contributed by atoms with Gasteiger partial charge in [0.05, 0.1) is 30.1 Å². The fourth-order valence-electron chi connectivity index (χ4n) is 6.69. The van der Waals surface area contributed by atoms with Crippen molar-refractivity contribution in [3.8, 4) is 11.5 Å². The summed E-state index contributed by atoms with van der Waals surface area (Å²) in [5, 5.41) is 5.50. The highest BCUT2D eigenvalue weighted by Gasteiger charge is 2.63. The molecule has 0 saturated heterocycles. The maximum absolute atomic E-state index is 14.8. The summed E-state index contributed by atoms with van der Waals surface area (Å²) >= 11 is 0. The SMILES string of the molecule is COc1cc(F)c(O[C@H]2CC[C@H](C)CC2)cc1C(=O)N[C@@H]1[C@H]2CC[C@H](C2)[C@@H]1C(=O)NCC1(C(F)(F)F)CC1. The number of nitrogens with one attached hydrogen (secondary N) is 2. The number of ether oxygens (including phenoxy) is 2. The third-order valence-corrected chi connectivity index (χ3v) is 9.33. The Hall–Kier alpha value is -2.52. The van der Waals surface area contributed by atoms with E-state index in [0.29, 0.717) is 5.92 Å². The van der Waals surface area contributed by atoms with Crippen molar-refractivity contribution in [2.75, 3.05) is 13.7 Å². The van der Waals surface area contributed by atoms with E-state index in [1.807, 2.05) is 0 Å². The van der Waals surface area contributed by atoms with E-state index < -0.39 is 47.7 Å². The van der Waals surface area contributed by atoms with Crippen LogP contribution in [0.15, 0.2) is 12.1 Å². The molecule has 2 bridgehead atoms. The van der Waals surface area contributed by atoms with Crippen LogP contribution in [0.1, 0.15) is 75.1 Å². The Morgan fingerprint density at radius 1 is 1.03 bits per heavy atom. The van der Waals surface area contributed by atoms with Crippen LogP contribution < -0.4 is 20.1 Å². The van der Waals surface area contributed by atoms with E-state index in [4.69, 9.17) is 9.47 Å². The van der Waals surface area contributed by atoms with Gasteiger partial charge in [0.1, 0.15) is 5.75 Å². The lowest BCUT2D eigenvalue weighted by molar-refractivity contribution is -0.185. The van der Waals surface area contributed by atoms with Crippen LogP contribution in [0.5, 0.6) is 11.5 Å². The summed E-state index contributed by atoms with van der Waals surface area (Å²) in [4.78, 5) is 26.5. The molecule has 4 aliphatic carbocycles. The molecule has 4 aliphatic rings. The highest BCUT2D eigenvalue weighted by molar-refractivity contribution is 5.98. The molecule has 0 aliphatic heterocycles. The first kappa shape index (κ1) is 27.1. The number of benzene rings is 1. The van der Waals surface area contributed by atoms with Gasteiger partial charge < -0.3 is 20.1 Å². The van der Waals surface area contributed by atoms with Crippen LogP contribution >= 0.6 is 0 Å². The Kier molecular flexibility index (Phi) is 7.28. The molecule has 4 atom stereocenters. The molecule has 210 valence electrons. The second-order valence-electron chi connectivity index (χ2n) is 11.8. The van der Waals surface area contributed by atoms with E-state index in [1.165, 1.54) is 13.2 Å². The van der Waals surface area contributed by atoms with Crippen molar-refractivity contribution < 1.29 is 36.6 Å². The number of amides is 2. The number of methoxy groups -OCH3 is 1. The number of carbonyl (C=O) groups excluding carboxylic acids is 2. The smallest absolute Gasteiger partial charge is 0.396 e. The van der Waals surface area contributed by atoms with Crippen LogP contribution in [0, 0.1) is 34.9 Å². The van der Waals surface area contributed by atoms with E-state index in [9.17, 15) is 27.2 Å². The van der Waals surface area contributed by atoms with Gasteiger partial charge in [0.2, 0.25) is 5.91 Å². The number of carbonyl (C=O) groups is 2. The zero-order valence-corrected chi connectivity index (χ0v) is 21.8. The molecule has 2 amide bonds. The minimum absolute atomic E-state index is 0.00837. The number of hydrogen-bond donors (Lipinski definition) is 2. The fourth-order valence-corrected chi connectivity index (χ4v) is 6.69. The maximum atomic E-state index is 14.8. The Morgan fingerprint density at radius 2 is 1.71 bits per heavy atom. The number of fused-ring (bicyclic) bond motifs is 2. The molecule has 10 heteroatoms. The molecule has 4 fully saturated rings. The number of hydrogen-bond acceptors (Lipinski definition) is 4. The van der Waals surface area contributed by atoms with E-state index >= 15 is 0 Å². The van der Waals surface area contributed by atoms with Gasteiger partial charge in [-0.25, -0.2) is 4.39 Å². The Morgan fingerprint density at radius 3 is 2.34 bits per heavy atom. The minimum Gasteiger partial charge on any atom is -0.496 e. The molecule has 6 nitrogen and oxygen atoms in total. The third kappa shape index (κ3) is 5.19. The van der Waals surface area contributed by atoms with Crippen LogP contribution in [0.2, 0.25) is 0 Å². The molecular formula is C28H36F4N2O4. The molecule has 5 rings (SSSR count). The topological polar surface area (TPSA) is 76.7 Å². The molecule has 1 aromatic carbocycles. The molecule has 0 heterocycles. The first-order valence-electron chi connectivity index (χ1n) is 13.7. The molecular weight excluding hydrogens is 504 g/mol. The van der Waals surface area contributed by atoms with E-state index in [2.05, 4.69) is 17.6 Å². The van der Waals surface area contributed by atoms with E-state index in [1.54, 1.807) is 0 Å². The van der Waals surface area contributed by atoms with Gasteiger partial charge in [-0.3, -0.25) is 9.59 Å². The molecule has 0 unspecified atom stereocenters. The first-order valence-corrected chi connectivity index (χ1v) is 13.7.